The van der Waals surface area contributed by atoms with E-state index in [0.29, 0.717) is 19.5 Å². The van der Waals surface area contributed by atoms with Crippen LogP contribution in [0.4, 0.5) is 0 Å². The molecule has 1 aromatic carbocycles. The number of nitriles is 1. The molecule has 1 aromatic heterocycles. The summed E-state index contributed by atoms with van der Waals surface area (Å²) in [5, 5.41) is 9.02. The molecule has 0 aliphatic rings. The van der Waals surface area contributed by atoms with Crippen molar-refractivity contribution in [2.24, 2.45) is 5.73 Å². The Bertz CT molecular complexity index is 754. The predicted octanol–water partition coefficient (Wildman–Crippen LogP) is 2.35. The van der Waals surface area contributed by atoms with E-state index in [-0.39, 0.29) is 11.1 Å². The lowest BCUT2D eigenvalue weighted by Crippen LogP contribution is -2.25. The third-order valence-electron chi connectivity index (χ3n) is 3.68. The molecule has 0 spiro atoms. The Morgan fingerprint density at radius 2 is 1.95 bits per heavy atom. The zero-order valence-electron chi connectivity index (χ0n) is 12.4. The van der Waals surface area contributed by atoms with Gasteiger partial charge in [-0.05, 0) is 61.7 Å². The van der Waals surface area contributed by atoms with Crippen LogP contribution in [0.3, 0.4) is 0 Å². The van der Waals surface area contributed by atoms with Gasteiger partial charge >= 0.3 is 0 Å². The lowest BCUT2D eigenvalue weighted by Gasteiger charge is -2.14. The van der Waals surface area contributed by atoms with Crippen LogP contribution >= 0.6 is 0 Å². The molecular weight excluding hydrogens is 262 g/mol. The molecule has 0 aliphatic carbocycles. The van der Waals surface area contributed by atoms with E-state index in [9.17, 15) is 4.79 Å². The van der Waals surface area contributed by atoms with Crippen LogP contribution in [0.1, 0.15) is 23.1 Å². The maximum Gasteiger partial charge on any atom is 0.268 e. The van der Waals surface area contributed by atoms with Crippen molar-refractivity contribution in [2.75, 3.05) is 6.54 Å². The Hall–Kier alpha value is -2.38. The van der Waals surface area contributed by atoms with Crippen LogP contribution in [0, 0.1) is 25.2 Å². The average Bonchev–Trinajstić information content (AvgIpc) is 2.48. The van der Waals surface area contributed by atoms with Gasteiger partial charge < -0.3 is 10.3 Å². The summed E-state index contributed by atoms with van der Waals surface area (Å²) in [6.45, 7) is 5.13. The molecular formula is C17H19N3O. The fourth-order valence-corrected chi connectivity index (χ4v) is 2.29. The highest BCUT2D eigenvalue weighted by atomic mass is 16.1. The number of hydrogen-bond donors (Lipinski definition) is 1. The minimum Gasteiger partial charge on any atom is -0.330 e. The minimum absolute atomic E-state index is 0.166. The van der Waals surface area contributed by atoms with Crippen molar-refractivity contribution < 1.29 is 0 Å². The van der Waals surface area contributed by atoms with E-state index in [1.807, 2.05) is 31.2 Å². The molecule has 0 unspecified atom stereocenters. The molecule has 0 atom stereocenters. The van der Waals surface area contributed by atoms with Crippen LogP contribution in [-0.2, 0) is 6.54 Å². The fourth-order valence-electron chi connectivity index (χ4n) is 2.29. The van der Waals surface area contributed by atoms with Crippen LogP contribution in [0.2, 0.25) is 0 Å². The van der Waals surface area contributed by atoms with E-state index < -0.39 is 0 Å². The second-order valence-electron chi connectivity index (χ2n) is 5.14. The molecule has 21 heavy (non-hydrogen) atoms. The van der Waals surface area contributed by atoms with Crippen molar-refractivity contribution in [2.45, 2.75) is 26.8 Å². The molecule has 1 heterocycles. The summed E-state index contributed by atoms with van der Waals surface area (Å²) in [7, 11) is 0. The first-order valence-corrected chi connectivity index (χ1v) is 7.00. The summed E-state index contributed by atoms with van der Waals surface area (Å²) in [4.78, 5) is 12.4. The SMILES string of the molecule is Cc1ccc(-c2ccc(C#N)c(=O)n2CCCN)cc1C. The highest BCUT2D eigenvalue weighted by Gasteiger charge is 2.10. The van der Waals surface area contributed by atoms with Gasteiger partial charge in [0.15, 0.2) is 0 Å². The van der Waals surface area contributed by atoms with Gasteiger partial charge in [-0.2, -0.15) is 5.26 Å². The van der Waals surface area contributed by atoms with Gasteiger partial charge in [0.2, 0.25) is 0 Å². The number of nitrogens with two attached hydrogens (primary N) is 1. The van der Waals surface area contributed by atoms with Gasteiger partial charge in [0.1, 0.15) is 11.6 Å². The Morgan fingerprint density at radius 1 is 1.19 bits per heavy atom. The number of aromatic nitrogens is 1. The molecule has 0 fully saturated rings. The maximum absolute atomic E-state index is 12.4. The smallest absolute Gasteiger partial charge is 0.268 e. The van der Waals surface area contributed by atoms with Crippen LogP contribution in [0.5, 0.6) is 0 Å². The first-order chi connectivity index (χ1) is 10.1. The zero-order valence-corrected chi connectivity index (χ0v) is 12.4. The Kier molecular flexibility index (Phi) is 4.56. The van der Waals surface area contributed by atoms with Gasteiger partial charge in [-0.15, -0.1) is 0 Å². The van der Waals surface area contributed by atoms with E-state index in [4.69, 9.17) is 11.0 Å². The topological polar surface area (TPSA) is 71.8 Å². The largest absolute Gasteiger partial charge is 0.330 e. The second kappa shape index (κ2) is 6.38. The normalized spacial score (nSPS) is 10.4. The van der Waals surface area contributed by atoms with E-state index in [1.165, 1.54) is 11.1 Å². The molecule has 0 bridgehead atoms. The summed E-state index contributed by atoms with van der Waals surface area (Å²) in [6.07, 6.45) is 0.701. The van der Waals surface area contributed by atoms with Gasteiger partial charge in [-0.1, -0.05) is 12.1 Å². The lowest BCUT2D eigenvalue weighted by atomic mass is 10.0. The minimum atomic E-state index is -0.248. The molecule has 4 heteroatoms. The first-order valence-electron chi connectivity index (χ1n) is 7.00. The highest BCUT2D eigenvalue weighted by Crippen LogP contribution is 2.21. The van der Waals surface area contributed by atoms with Crippen molar-refractivity contribution in [3.8, 4) is 17.3 Å². The molecule has 4 nitrogen and oxygen atoms in total. The molecule has 108 valence electrons. The van der Waals surface area contributed by atoms with Gasteiger partial charge in [-0.25, -0.2) is 0 Å². The molecule has 0 aliphatic heterocycles. The second-order valence-corrected chi connectivity index (χ2v) is 5.14. The number of nitrogens with zero attached hydrogens (tertiary/aromatic N) is 2. The standard InChI is InChI=1S/C17H19N3O/c1-12-4-5-14(10-13(12)2)16-7-6-15(11-19)17(21)20(16)9-3-8-18/h4-7,10H,3,8-9,18H2,1-2H3. The molecule has 0 saturated heterocycles. The summed E-state index contributed by atoms with van der Waals surface area (Å²) in [5.74, 6) is 0. The average molecular weight is 281 g/mol. The van der Waals surface area contributed by atoms with Gasteiger partial charge in [0.25, 0.3) is 5.56 Å². The number of benzene rings is 1. The summed E-state index contributed by atoms with van der Waals surface area (Å²) in [5.41, 5.74) is 9.67. The number of rotatable bonds is 4. The van der Waals surface area contributed by atoms with Crippen molar-refractivity contribution in [1.82, 2.24) is 4.57 Å². The Morgan fingerprint density at radius 3 is 2.57 bits per heavy atom. The van der Waals surface area contributed by atoms with Gasteiger partial charge in [0.05, 0.1) is 5.69 Å². The van der Waals surface area contributed by atoms with E-state index in [2.05, 4.69) is 13.0 Å². The lowest BCUT2D eigenvalue weighted by molar-refractivity contribution is 0.634. The highest BCUT2D eigenvalue weighted by molar-refractivity contribution is 5.62. The summed E-state index contributed by atoms with van der Waals surface area (Å²) in [6, 6.07) is 11.5. The van der Waals surface area contributed by atoms with Crippen molar-refractivity contribution in [3.05, 3.63) is 57.4 Å². The van der Waals surface area contributed by atoms with Gasteiger partial charge in [-0.3, -0.25) is 4.79 Å². The van der Waals surface area contributed by atoms with Crippen LogP contribution in [0.25, 0.3) is 11.3 Å². The monoisotopic (exact) mass is 281 g/mol. The van der Waals surface area contributed by atoms with E-state index in [1.54, 1.807) is 10.6 Å². The molecule has 2 N–H and O–H groups in total. The Labute approximate surface area is 124 Å². The first kappa shape index (κ1) is 15.0. The molecule has 0 amide bonds. The third-order valence-corrected chi connectivity index (χ3v) is 3.68. The predicted molar refractivity (Wildman–Crippen MR) is 84.0 cm³/mol. The zero-order chi connectivity index (χ0) is 15.4. The molecule has 2 aromatic rings. The van der Waals surface area contributed by atoms with Crippen LogP contribution < -0.4 is 11.3 Å². The van der Waals surface area contributed by atoms with Crippen molar-refractivity contribution in [1.29, 1.82) is 5.26 Å². The van der Waals surface area contributed by atoms with Crippen molar-refractivity contribution >= 4 is 0 Å². The number of pyridine rings is 1. The molecule has 2 rings (SSSR count). The maximum atomic E-state index is 12.4. The van der Waals surface area contributed by atoms with Crippen LogP contribution in [-0.4, -0.2) is 11.1 Å². The fraction of sp³-hybridized carbons (Fsp3) is 0.294. The number of aryl methyl sites for hydroxylation is 2. The number of hydrogen-bond acceptors (Lipinski definition) is 3. The molecule has 0 radical (unpaired) electrons. The van der Waals surface area contributed by atoms with Crippen LogP contribution in [0.15, 0.2) is 35.1 Å². The Balaban J connectivity index is 2.62. The van der Waals surface area contributed by atoms with Gasteiger partial charge in [0, 0.05) is 6.54 Å². The third kappa shape index (κ3) is 3.04. The quantitative estimate of drug-likeness (QED) is 0.935. The van der Waals surface area contributed by atoms with E-state index >= 15 is 0 Å². The summed E-state index contributed by atoms with van der Waals surface area (Å²) >= 11 is 0. The summed E-state index contributed by atoms with van der Waals surface area (Å²) < 4.78 is 1.65. The van der Waals surface area contributed by atoms with Crippen molar-refractivity contribution in [3.63, 3.8) is 0 Å². The van der Waals surface area contributed by atoms with E-state index in [0.717, 1.165) is 11.3 Å². The molecule has 0 saturated carbocycles.